The summed E-state index contributed by atoms with van der Waals surface area (Å²) >= 11 is 0. The second-order valence-corrected chi connectivity index (χ2v) is 5.82. The summed E-state index contributed by atoms with van der Waals surface area (Å²) in [7, 11) is 2.04. The lowest BCUT2D eigenvalue weighted by atomic mass is 10.0. The van der Waals surface area contributed by atoms with Crippen molar-refractivity contribution in [2.24, 2.45) is 0 Å². The average molecular weight is 279 g/mol. The van der Waals surface area contributed by atoms with Crippen LogP contribution in [0.25, 0.3) is 0 Å². The minimum absolute atomic E-state index is 0.438. The van der Waals surface area contributed by atoms with Crippen LogP contribution in [0.2, 0.25) is 0 Å². The van der Waals surface area contributed by atoms with Crippen LogP contribution < -0.4 is 5.32 Å². The molecule has 3 heteroatoms. The average Bonchev–Trinajstić information content (AvgIpc) is 2.72. The Hall–Kier alpha value is -0.830. The van der Waals surface area contributed by atoms with Crippen LogP contribution in [-0.4, -0.2) is 16.8 Å². The first-order valence-electron chi connectivity index (χ1n) is 8.36. The van der Waals surface area contributed by atoms with Crippen molar-refractivity contribution in [3.05, 3.63) is 17.0 Å². The third-order valence-corrected chi connectivity index (χ3v) is 4.27. The van der Waals surface area contributed by atoms with Gasteiger partial charge in [-0.1, -0.05) is 46.0 Å². The fourth-order valence-corrected chi connectivity index (χ4v) is 3.03. The Balaban J connectivity index is 2.53. The SMILES string of the molecule is CCCCCCCCn1nc(C)c(C(CC)NC)c1C. The van der Waals surface area contributed by atoms with Crippen LogP contribution in [0.15, 0.2) is 0 Å². The highest BCUT2D eigenvalue weighted by Gasteiger charge is 2.17. The van der Waals surface area contributed by atoms with Gasteiger partial charge in [0.1, 0.15) is 0 Å². The molecule has 0 saturated heterocycles. The van der Waals surface area contributed by atoms with Crippen molar-refractivity contribution in [2.45, 2.75) is 85.2 Å². The Morgan fingerprint density at radius 1 is 1.05 bits per heavy atom. The molecule has 1 rings (SSSR count). The number of hydrogen-bond acceptors (Lipinski definition) is 2. The van der Waals surface area contributed by atoms with Gasteiger partial charge < -0.3 is 5.32 Å². The molecule has 116 valence electrons. The van der Waals surface area contributed by atoms with Gasteiger partial charge in [0.2, 0.25) is 0 Å². The van der Waals surface area contributed by atoms with E-state index in [-0.39, 0.29) is 0 Å². The summed E-state index contributed by atoms with van der Waals surface area (Å²) in [6.45, 7) is 9.92. The molecule has 3 nitrogen and oxygen atoms in total. The van der Waals surface area contributed by atoms with Crippen LogP contribution in [0, 0.1) is 13.8 Å². The predicted molar refractivity (Wildman–Crippen MR) is 87.2 cm³/mol. The smallest absolute Gasteiger partial charge is 0.0644 e. The molecule has 20 heavy (non-hydrogen) atoms. The molecule has 1 unspecified atom stereocenters. The van der Waals surface area contributed by atoms with Crippen LogP contribution in [-0.2, 0) is 6.54 Å². The van der Waals surface area contributed by atoms with Gasteiger partial charge in [0.15, 0.2) is 0 Å². The second kappa shape index (κ2) is 9.17. The van der Waals surface area contributed by atoms with E-state index >= 15 is 0 Å². The Morgan fingerprint density at radius 3 is 2.30 bits per heavy atom. The number of rotatable bonds is 10. The van der Waals surface area contributed by atoms with Gasteiger partial charge in [0.05, 0.1) is 5.69 Å². The van der Waals surface area contributed by atoms with Gasteiger partial charge >= 0.3 is 0 Å². The maximum absolute atomic E-state index is 4.74. The van der Waals surface area contributed by atoms with Crippen LogP contribution in [0.1, 0.15) is 81.8 Å². The van der Waals surface area contributed by atoms with E-state index in [1.165, 1.54) is 55.5 Å². The first-order chi connectivity index (χ1) is 9.65. The third-order valence-electron chi connectivity index (χ3n) is 4.27. The summed E-state index contributed by atoms with van der Waals surface area (Å²) in [5, 5.41) is 8.14. The Labute approximate surface area is 125 Å². The lowest BCUT2D eigenvalue weighted by Gasteiger charge is -2.14. The first kappa shape index (κ1) is 17.2. The molecule has 0 bridgehead atoms. The molecule has 0 aliphatic carbocycles. The van der Waals surface area contributed by atoms with Crippen LogP contribution in [0.3, 0.4) is 0 Å². The third kappa shape index (κ3) is 4.62. The first-order valence-corrected chi connectivity index (χ1v) is 8.36. The van der Waals surface area contributed by atoms with Gasteiger partial charge in [-0.25, -0.2) is 0 Å². The molecule has 0 spiro atoms. The van der Waals surface area contributed by atoms with Crippen LogP contribution in [0.5, 0.6) is 0 Å². The maximum Gasteiger partial charge on any atom is 0.0644 e. The summed E-state index contributed by atoms with van der Waals surface area (Å²) in [6.07, 6.45) is 9.15. The summed E-state index contributed by atoms with van der Waals surface area (Å²) in [5.41, 5.74) is 3.94. The highest BCUT2D eigenvalue weighted by Crippen LogP contribution is 2.24. The summed E-state index contributed by atoms with van der Waals surface area (Å²) in [6, 6.07) is 0.438. The summed E-state index contributed by atoms with van der Waals surface area (Å²) < 4.78 is 2.21. The normalized spacial score (nSPS) is 12.8. The van der Waals surface area contributed by atoms with Crippen molar-refractivity contribution in [1.29, 1.82) is 0 Å². The number of nitrogens with one attached hydrogen (secondary N) is 1. The number of unbranched alkanes of at least 4 members (excludes halogenated alkanes) is 5. The van der Waals surface area contributed by atoms with Crippen molar-refractivity contribution in [3.8, 4) is 0 Å². The number of nitrogens with zero attached hydrogens (tertiary/aromatic N) is 2. The van der Waals surface area contributed by atoms with Gasteiger partial charge in [-0.15, -0.1) is 0 Å². The van der Waals surface area contributed by atoms with Crippen molar-refractivity contribution < 1.29 is 0 Å². The van der Waals surface area contributed by atoms with Crippen LogP contribution >= 0.6 is 0 Å². The quantitative estimate of drug-likeness (QED) is 0.638. The van der Waals surface area contributed by atoms with Crippen molar-refractivity contribution in [3.63, 3.8) is 0 Å². The minimum Gasteiger partial charge on any atom is -0.313 e. The molecule has 0 aliphatic rings. The number of hydrogen-bond donors (Lipinski definition) is 1. The molecule has 1 N–H and O–H groups in total. The fraction of sp³-hybridized carbons (Fsp3) is 0.824. The Morgan fingerprint density at radius 2 is 1.70 bits per heavy atom. The van der Waals surface area contributed by atoms with Crippen molar-refractivity contribution in [1.82, 2.24) is 15.1 Å². The maximum atomic E-state index is 4.74. The molecular weight excluding hydrogens is 246 g/mol. The molecule has 1 aromatic rings. The monoisotopic (exact) mass is 279 g/mol. The highest BCUT2D eigenvalue weighted by molar-refractivity contribution is 5.28. The Bertz CT molecular complexity index is 378. The largest absolute Gasteiger partial charge is 0.313 e. The zero-order valence-corrected chi connectivity index (χ0v) is 14.1. The highest BCUT2D eigenvalue weighted by atomic mass is 15.3. The zero-order valence-electron chi connectivity index (χ0n) is 14.1. The lowest BCUT2D eigenvalue weighted by molar-refractivity contribution is 0.515. The van der Waals surface area contributed by atoms with E-state index in [1.807, 2.05) is 7.05 Å². The van der Waals surface area contributed by atoms with E-state index in [0.717, 1.165) is 13.0 Å². The summed E-state index contributed by atoms with van der Waals surface area (Å²) in [5.74, 6) is 0. The van der Waals surface area contributed by atoms with E-state index in [1.54, 1.807) is 0 Å². The van der Waals surface area contributed by atoms with Gasteiger partial charge in [0.25, 0.3) is 0 Å². The topological polar surface area (TPSA) is 29.9 Å². The van der Waals surface area contributed by atoms with Crippen molar-refractivity contribution >= 4 is 0 Å². The summed E-state index contributed by atoms with van der Waals surface area (Å²) in [4.78, 5) is 0. The molecule has 1 aromatic heterocycles. The molecule has 0 saturated carbocycles. The van der Waals surface area contributed by atoms with Gasteiger partial charge in [-0.2, -0.15) is 5.10 Å². The second-order valence-electron chi connectivity index (χ2n) is 5.82. The standard InChI is InChI=1S/C17H33N3/c1-6-8-9-10-11-12-13-20-15(4)17(14(3)19-20)16(7-2)18-5/h16,18H,6-13H2,1-5H3. The van der Waals surface area contributed by atoms with E-state index in [2.05, 4.69) is 37.7 Å². The number of aromatic nitrogens is 2. The van der Waals surface area contributed by atoms with E-state index in [9.17, 15) is 0 Å². The molecule has 1 heterocycles. The van der Waals surface area contributed by atoms with Gasteiger partial charge in [-0.05, 0) is 33.7 Å². The lowest BCUT2D eigenvalue weighted by Crippen LogP contribution is -2.17. The van der Waals surface area contributed by atoms with Gasteiger partial charge in [-0.3, -0.25) is 4.68 Å². The van der Waals surface area contributed by atoms with E-state index in [0.29, 0.717) is 6.04 Å². The fourth-order valence-electron chi connectivity index (χ4n) is 3.03. The molecule has 0 aliphatic heterocycles. The van der Waals surface area contributed by atoms with Crippen LogP contribution in [0.4, 0.5) is 0 Å². The number of aryl methyl sites for hydroxylation is 2. The Kier molecular flexibility index (Phi) is 7.90. The molecule has 1 atom stereocenters. The minimum atomic E-state index is 0.438. The molecule has 0 amide bonds. The van der Waals surface area contributed by atoms with Crippen molar-refractivity contribution in [2.75, 3.05) is 7.05 Å². The molecule has 0 fully saturated rings. The van der Waals surface area contributed by atoms with Gasteiger partial charge in [0, 0.05) is 23.8 Å². The van der Waals surface area contributed by atoms with E-state index in [4.69, 9.17) is 5.10 Å². The predicted octanol–water partition coefficient (Wildman–Crippen LogP) is 4.53. The molecular formula is C17H33N3. The molecule has 0 aromatic carbocycles. The zero-order chi connectivity index (χ0) is 15.0. The van der Waals surface area contributed by atoms with E-state index < -0.39 is 0 Å². The molecule has 0 radical (unpaired) electrons.